The average Bonchev–Trinajstić information content (AvgIpc) is 2.80. The molecule has 2 aromatic rings. The molecule has 0 radical (unpaired) electrons. The van der Waals surface area contributed by atoms with Crippen molar-refractivity contribution in [2.24, 2.45) is 0 Å². The Labute approximate surface area is 111 Å². The molecular formula is C13H17N5O. The predicted molar refractivity (Wildman–Crippen MR) is 71.5 cm³/mol. The van der Waals surface area contributed by atoms with E-state index in [9.17, 15) is 0 Å². The van der Waals surface area contributed by atoms with E-state index < -0.39 is 0 Å². The lowest BCUT2D eigenvalue weighted by Gasteiger charge is -2.34. The van der Waals surface area contributed by atoms with Crippen LogP contribution in [0.1, 0.15) is 24.4 Å². The van der Waals surface area contributed by atoms with Crippen LogP contribution >= 0.6 is 0 Å². The number of nitrogen functional groups attached to an aromatic ring is 1. The summed E-state index contributed by atoms with van der Waals surface area (Å²) in [5.41, 5.74) is 8.66. The average molecular weight is 259 g/mol. The zero-order valence-electron chi connectivity index (χ0n) is 11.1. The Morgan fingerprint density at radius 1 is 1.37 bits per heavy atom. The molecule has 1 heterocycles. The van der Waals surface area contributed by atoms with E-state index >= 15 is 0 Å². The first-order valence-corrected chi connectivity index (χ1v) is 6.36. The van der Waals surface area contributed by atoms with E-state index in [1.807, 2.05) is 29.8 Å². The van der Waals surface area contributed by atoms with Crippen LogP contribution in [0.15, 0.2) is 18.2 Å². The van der Waals surface area contributed by atoms with Crippen molar-refractivity contribution in [1.29, 1.82) is 0 Å². The van der Waals surface area contributed by atoms with Gasteiger partial charge in [-0.2, -0.15) is 0 Å². The van der Waals surface area contributed by atoms with Crippen LogP contribution in [0.25, 0.3) is 11.4 Å². The molecule has 1 aliphatic rings. The van der Waals surface area contributed by atoms with Crippen LogP contribution in [-0.4, -0.2) is 33.4 Å². The molecule has 6 heteroatoms. The molecule has 1 aromatic carbocycles. The van der Waals surface area contributed by atoms with E-state index in [4.69, 9.17) is 10.5 Å². The van der Waals surface area contributed by atoms with Gasteiger partial charge in [-0.25, -0.2) is 4.68 Å². The van der Waals surface area contributed by atoms with E-state index in [0.29, 0.717) is 12.1 Å². The second-order valence-electron chi connectivity index (χ2n) is 5.00. The number of hydrogen-bond donors (Lipinski definition) is 1. The van der Waals surface area contributed by atoms with Crippen molar-refractivity contribution in [3.05, 3.63) is 23.8 Å². The number of aromatic nitrogens is 4. The van der Waals surface area contributed by atoms with Gasteiger partial charge in [-0.15, -0.1) is 5.10 Å². The van der Waals surface area contributed by atoms with E-state index in [1.165, 1.54) is 0 Å². The number of hydrogen-bond acceptors (Lipinski definition) is 5. The summed E-state index contributed by atoms with van der Waals surface area (Å²) in [6.07, 6.45) is 2.25. The highest BCUT2D eigenvalue weighted by atomic mass is 16.5. The summed E-state index contributed by atoms with van der Waals surface area (Å²) < 4.78 is 7.19. The minimum absolute atomic E-state index is 0.327. The van der Waals surface area contributed by atoms with Gasteiger partial charge in [0.15, 0.2) is 5.82 Å². The van der Waals surface area contributed by atoms with Gasteiger partial charge in [-0.1, -0.05) is 0 Å². The van der Waals surface area contributed by atoms with Crippen molar-refractivity contribution >= 4 is 5.69 Å². The molecule has 3 rings (SSSR count). The minimum atomic E-state index is 0.327. The number of rotatable bonds is 3. The van der Waals surface area contributed by atoms with E-state index in [-0.39, 0.29) is 0 Å². The molecule has 1 aromatic heterocycles. The molecule has 1 aliphatic carbocycles. The smallest absolute Gasteiger partial charge is 0.182 e. The summed E-state index contributed by atoms with van der Waals surface area (Å²) in [6.45, 7) is 1.98. The molecule has 1 saturated carbocycles. The highest BCUT2D eigenvalue weighted by Gasteiger charge is 2.33. The number of anilines is 1. The number of ether oxygens (including phenoxy) is 1. The summed E-state index contributed by atoms with van der Waals surface area (Å²) >= 11 is 0. The van der Waals surface area contributed by atoms with Gasteiger partial charge < -0.3 is 10.5 Å². The van der Waals surface area contributed by atoms with Crippen LogP contribution in [0.3, 0.4) is 0 Å². The molecule has 0 amide bonds. The van der Waals surface area contributed by atoms with Gasteiger partial charge in [0.05, 0.1) is 12.1 Å². The summed E-state index contributed by atoms with van der Waals surface area (Å²) in [5.74, 6) is 0.794. The highest BCUT2D eigenvalue weighted by molar-refractivity contribution is 5.61. The molecular weight excluding hydrogens is 242 g/mol. The van der Waals surface area contributed by atoms with Crippen molar-refractivity contribution in [1.82, 2.24) is 20.2 Å². The van der Waals surface area contributed by atoms with Gasteiger partial charge in [0.25, 0.3) is 0 Å². The largest absolute Gasteiger partial charge is 0.399 e. The Morgan fingerprint density at radius 3 is 2.84 bits per heavy atom. The van der Waals surface area contributed by atoms with Gasteiger partial charge in [-0.05, 0) is 54.0 Å². The van der Waals surface area contributed by atoms with Crippen LogP contribution in [0.2, 0.25) is 0 Å². The lowest BCUT2D eigenvalue weighted by atomic mass is 9.89. The fraction of sp³-hybridized carbons (Fsp3) is 0.462. The molecule has 100 valence electrons. The monoisotopic (exact) mass is 259 g/mol. The molecule has 0 spiro atoms. The van der Waals surface area contributed by atoms with Crippen LogP contribution in [0.4, 0.5) is 5.69 Å². The Kier molecular flexibility index (Phi) is 2.94. The zero-order chi connectivity index (χ0) is 13.4. The van der Waals surface area contributed by atoms with Crippen LogP contribution in [-0.2, 0) is 4.74 Å². The lowest BCUT2D eigenvalue weighted by Crippen LogP contribution is -2.33. The van der Waals surface area contributed by atoms with Crippen molar-refractivity contribution in [3.8, 4) is 11.4 Å². The van der Waals surface area contributed by atoms with E-state index in [1.54, 1.807) is 7.11 Å². The Bertz CT molecular complexity index is 588. The number of nitrogens with two attached hydrogens (primary N) is 1. The fourth-order valence-corrected chi connectivity index (χ4v) is 2.37. The summed E-state index contributed by atoms with van der Waals surface area (Å²) in [4.78, 5) is 0. The summed E-state index contributed by atoms with van der Waals surface area (Å²) in [6, 6.07) is 6.19. The third kappa shape index (κ3) is 2.08. The van der Waals surface area contributed by atoms with Crippen molar-refractivity contribution in [2.45, 2.75) is 31.9 Å². The van der Waals surface area contributed by atoms with Gasteiger partial charge in [0, 0.05) is 18.4 Å². The topological polar surface area (TPSA) is 78.8 Å². The summed E-state index contributed by atoms with van der Waals surface area (Å²) in [5, 5.41) is 12.0. The molecule has 19 heavy (non-hydrogen) atoms. The SMILES string of the molecule is COC1CC(n2nnnc2-c2ccc(N)c(C)c2)C1. The van der Waals surface area contributed by atoms with Gasteiger partial charge in [-0.3, -0.25) is 0 Å². The van der Waals surface area contributed by atoms with Crippen LogP contribution in [0.5, 0.6) is 0 Å². The van der Waals surface area contributed by atoms with E-state index in [0.717, 1.165) is 35.5 Å². The third-order valence-corrected chi connectivity index (χ3v) is 3.77. The molecule has 6 nitrogen and oxygen atoms in total. The first-order valence-electron chi connectivity index (χ1n) is 6.36. The highest BCUT2D eigenvalue weighted by Crippen LogP contribution is 2.35. The number of nitrogens with zero attached hydrogens (tertiary/aromatic N) is 4. The Balaban J connectivity index is 1.89. The second kappa shape index (κ2) is 4.62. The number of tetrazole rings is 1. The summed E-state index contributed by atoms with van der Waals surface area (Å²) in [7, 11) is 1.74. The first-order chi connectivity index (χ1) is 9.19. The molecule has 1 fully saturated rings. The maximum atomic E-state index is 5.84. The Morgan fingerprint density at radius 2 is 2.16 bits per heavy atom. The maximum Gasteiger partial charge on any atom is 0.182 e. The predicted octanol–water partition coefficient (Wildman–Crippen LogP) is 1.58. The maximum absolute atomic E-state index is 5.84. The first kappa shape index (κ1) is 12.1. The quantitative estimate of drug-likeness (QED) is 0.847. The van der Waals surface area contributed by atoms with Crippen LogP contribution < -0.4 is 5.73 Å². The Hall–Kier alpha value is -1.95. The zero-order valence-corrected chi connectivity index (χ0v) is 11.1. The molecule has 0 unspecified atom stereocenters. The number of aryl methyl sites for hydroxylation is 1. The van der Waals surface area contributed by atoms with Crippen molar-refractivity contribution in [2.75, 3.05) is 12.8 Å². The van der Waals surface area contributed by atoms with E-state index in [2.05, 4.69) is 15.5 Å². The number of benzene rings is 1. The van der Waals surface area contributed by atoms with Crippen molar-refractivity contribution < 1.29 is 4.74 Å². The standard InChI is InChI=1S/C13H17N5O/c1-8-5-9(3-4-12(8)14)13-15-16-17-18(13)10-6-11(7-10)19-2/h3-5,10-11H,6-7,14H2,1-2H3. The van der Waals surface area contributed by atoms with Gasteiger partial charge >= 0.3 is 0 Å². The molecule has 0 atom stereocenters. The fourth-order valence-electron chi connectivity index (χ4n) is 2.37. The van der Waals surface area contributed by atoms with Crippen LogP contribution in [0, 0.1) is 6.92 Å². The lowest BCUT2D eigenvalue weighted by molar-refractivity contribution is 0.00248. The second-order valence-corrected chi connectivity index (χ2v) is 5.00. The van der Waals surface area contributed by atoms with Crippen molar-refractivity contribution in [3.63, 3.8) is 0 Å². The minimum Gasteiger partial charge on any atom is -0.399 e. The van der Waals surface area contributed by atoms with Gasteiger partial charge in [0.1, 0.15) is 0 Å². The number of methoxy groups -OCH3 is 1. The molecule has 0 saturated heterocycles. The van der Waals surface area contributed by atoms with Gasteiger partial charge in [0.2, 0.25) is 0 Å². The third-order valence-electron chi connectivity index (χ3n) is 3.77. The molecule has 0 aliphatic heterocycles. The molecule has 2 N–H and O–H groups in total. The normalized spacial score (nSPS) is 22.2. The molecule has 0 bridgehead atoms.